The molecule has 0 unspecified atom stereocenters. The summed E-state index contributed by atoms with van der Waals surface area (Å²) in [5, 5.41) is 3.96. The molecule has 0 atom stereocenters. The Kier molecular flexibility index (Phi) is 6.38. The molecule has 0 fully saturated rings. The summed E-state index contributed by atoms with van der Waals surface area (Å²) in [5.41, 5.74) is 1.25. The Balaban J connectivity index is 1.71. The van der Waals surface area contributed by atoms with E-state index in [9.17, 15) is 0 Å². The average Bonchev–Trinajstić information content (AvgIpc) is 2.51. The van der Waals surface area contributed by atoms with E-state index < -0.39 is 0 Å². The molecule has 0 aliphatic carbocycles. The van der Waals surface area contributed by atoms with Crippen LogP contribution in [0.2, 0.25) is 5.02 Å². The van der Waals surface area contributed by atoms with Crippen molar-refractivity contribution in [2.45, 2.75) is 13.5 Å². The van der Waals surface area contributed by atoms with Crippen LogP contribution >= 0.6 is 11.6 Å². The van der Waals surface area contributed by atoms with Gasteiger partial charge in [0.2, 0.25) is 0 Å². The third kappa shape index (κ3) is 5.66. The zero-order chi connectivity index (χ0) is 14.9. The van der Waals surface area contributed by atoms with E-state index in [0.717, 1.165) is 24.6 Å². The van der Waals surface area contributed by atoms with Gasteiger partial charge in [0, 0.05) is 11.6 Å². The summed E-state index contributed by atoms with van der Waals surface area (Å²) in [6.45, 7) is 4.93. The summed E-state index contributed by atoms with van der Waals surface area (Å²) in [6.07, 6.45) is 0. The van der Waals surface area contributed by atoms with Crippen LogP contribution in [0.25, 0.3) is 0 Å². The zero-order valence-corrected chi connectivity index (χ0v) is 12.9. The van der Waals surface area contributed by atoms with Crippen LogP contribution in [0.3, 0.4) is 0 Å². The van der Waals surface area contributed by atoms with Gasteiger partial charge >= 0.3 is 0 Å². The van der Waals surface area contributed by atoms with Gasteiger partial charge in [0.1, 0.15) is 24.7 Å². The molecule has 0 saturated heterocycles. The minimum Gasteiger partial charge on any atom is -0.490 e. The number of ether oxygens (including phenoxy) is 2. The molecule has 0 bridgehead atoms. The summed E-state index contributed by atoms with van der Waals surface area (Å²) >= 11 is 5.89. The highest BCUT2D eigenvalue weighted by Crippen LogP contribution is 2.17. The van der Waals surface area contributed by atoms with E-state index in [2.05, 4.69) is 24.4 Å². The lowest BCUT2D eigenvalue weighted by Crippen LogP contribution is -2.11. The van der Waals surface area contributed by atoms with Gasteiger partial charge in [0.25, 0.3) is 0 Å². The second-order valence-corrected chi connectivity index (χ2v) is 5.02. The van der Waals surface area contributed by atoms with Gasteiger partial charge in [-0.2, -0.15) is 0 Å². The highest BCUT2D eigenvalue weighted by Gasteiger charge is 1.97. The maximum absolute atomic E-state index is 5.89. The number of rotatable bonds is 8. The highest BCUT2D eigenvalue weighted by molar-refractivity contribution is 6.30. The van der Waals surface area contributed by atoms with Crippen LogP contribution in [-0.2, 0) is 6.54 Å². The maximum Gasteiger partial charge on any atom is 0.122 e. The van der Waals surface area contributed by atoms with E-state index in [0.29, 0.717) is 18.2 Å². The molecule has 2 aromatic rings. The van der Waals surface area contributed by atoms with Crippen molar-refractivity contribution in [3.05, 3.63) is 59.1 Å². The molecular weight excluding hydrogens is 286 g/mol. The van der Waals surface area contributed by atoms with Crippen molar-refractivity contribution in [2.75, 3.05) is 19.8 Å². The van der Waals surface area contributed by atoms with Crippen LogP contribution in [0.1, 0.15) is 12.5 Å². The van der Waals surface area contributed by atoms with Gasteiger partial charge in [-0.15, -0.1) is 0 Å². The van der Waals surface area contributed by atoms with Crippen LogP contribution in [0, 0.1) is 0 Å². The van der Waals surface area contributed by atoms with Gasteiger partial charge < -0.3 is 14.8 Å². The fraction of sp³-hybridized carbons (Fsp3) is 0.294. The molecule has 112 valence electrons. The molecule has 3 nitrogen and oxygen atoms in total. The van der Waals surface area contributed by atoms with E-state index in [1.165, 1.54) is 5.56 Å². The fourth-order valence-corrected chi connectivity index (χ4v) is 2.03. The van der Waals surface area contributed by atoms with E-state index >= 15 is 0 Å². The van der Waals surface area contributed by atoms with Crippen molar-refractivity contribution in [1.82, 2.24) is 5.32 Å². The number of halogens is 1. The van der Waals surface area contributed by atoms with Crippen LogP contribution in [-0.4, -0.2) is 19.8 Å². The predicted octanol–water partition coefficient (Wildman–Crippen LogP) is 3.91. The SMILES string of the molecule is CCNCc1ccc(OCCOc2cccc(Cl)c2)cc1. The van der Waals surface area contributed by atoms with Crippen molar-refractivity contribution in [2.24, 2.45) is 0 Å². The third-order valence-corrected chi connectivity index (χ3v) is 3.15. The molecule has 2 aromatic carbocycles. The van der Waals surface area contributed by atoms with Crippen molar-refractivity contribution in [3.63, 3.8) is 0 Å². The molecule has 0 aliphatic rings. The largest absolute Gasteiger partial charge is 0.490 e. The second kappa shape index (κ2) is 8.55. The van der Waals surface area contributed by atoms with Crippen LogP contribution in [0.5, 0.6) is 11.5 Å². The lowest BCUT2D eigenvalue weighted by Gasteiger charge is -2.09. The van der Waals surface area contributed by atoms with Crippen molar-refractivity contribution in [3.8, 4) is 11.5 Å². The summed E-state index contributed by atoms with van der Waals surface area (Å²) in [4.78, 5) is 0. The normalized spacial score (nSPS) is 10.4. The Morgan fingerprint density at radius 3 is 2.33 bits per heavy atom. The van der Waals surface area contributed by atoms with Gasteiger partial charge in [-0.05, 0) is 42.4 Å². The van der Waals surface area contributed by atoms with Gasteiger partial charge in [-0.3, -0.25) is 0 Å². The van der Waals surface area contributed by atoms with Gasteiger partial charge in [0.15, 0.2) is 0 Å². The molecule has 21 heavy (non-hydrogen) atoms. The van der Waals surface area contributed by atoms with Crippen molar-refractivity contribution in [1.29, 1.82) is 0 Å². The van der Waals surface area contributed by atoms with Gasteiger partial charge in [-0.1, -0.05) is 36.7 Å². The number of benzene rings is 2. The molecule has 0 heterocycles. The molecule has 0 aromatic heterocycles. The molecule has 0 radical (unpaired) electrons. The first-order chi connectivity index (χ1) is 10.3. The molecule has 2 rings (SSSR count). The Labute approximate surface area is 130 Å². The Hall–Kier alpha value is -1.71. The Bertz CT molecular complexity index is 543. The molecule has 0 spiro atoms. The maximum atomic E-state index is 5.89. The number of hydrogen-bond donors (Lipinski definition) is 1. The lowest BCUT2D eigenvalue weighted by molar-refractivity contribution is 0.217. The van der Waals surface area contributed by atoms with Crippen LogP contribution in [0.15, 0.2) is 48.5 Å². The van der Waals surface area contributed by atoms with E-state index in [1.54, 1.807) is 6.07 Å². The average molecular weight is 306 g/mol. The number of hydrogen-bond acceptors (Lipinski definition) is 3. The monoisotopic (exact) mass is 305 g/mol. The summed E-state index contributed by atoms with van der Waals surface area (Å²) in [7, 11) is 0. The Morgan fingerprint density at radius 1 is 0.952 bits per heavy atom. The first-order valence-electron chi connectivity index (χ1n) is 7.09. The van der Waals surface area contributed by atoms with Gasteiger partial charge in [-0.25, -0.2) is 0 Å². The smallest absolute Gasteiger partial charge is 0.122 e. The van der Waals surface area contributed by atoms with Crippen molar-refractivity contribution >= 4 is 11.6 Å². The minimum absolute atomic E-state index is 0.486. The summed E-state index contributed by atoms with van der Waals surface area (Å²) in [5.74, 6) is 1.61. The fourth-order valence-electron chi connectivity index (χ4n) is 1.85. The van der Waals surface area contributed by atoms with Crippen molar-refractivity contribution < 1.29 is 9.47 Å². The Morgan fingerprint density at radius 2 is 1.67 bits per heavy atom. The predicted molar refractivity (Wildman–Crippen MR) is 86.3 cm³/mol. The third-order valence-electron chi connectivity index (χ3n) is 2.92. The van der Waals surface area contributed by atoms with E-state index in [1.807, 2.05) is 30.3 Å². The quantitative estimate of drug-likeness (QED) is 0.750. The standard InChI is InChI=1S/C17H20ClNO2/c1-2-19-13-14-6-8-16(9-7-14)20-10-11-21-17-5-3-4-15(18)12-17/h3-9,12,19H,2,10-11,13H2,1H3. The first-order valence-corrected chi connectivity index (χ1v) is 7.46. The molecule has 0 amide bonds. The summed E-state index contributed by atoms with van der Waals surface area (Å²) in [6, 6.07) is 15.4. The molecule has 0 saturated carbocycles. The molecular formula is C17H20ClNO2. The molecule has 4 heteroatoms. The molecule has 1 N–H and O–H groups in total. The zero-order valence-electron chi connectivity index (χ0n) is 12.1. The molecule has 0 aliphatic heterocycles. The minimum atomic E-state index is 0.486. The van der Waals surface area contributed by atoms with E-state index in [4.69, 9.17) is 21.1 Å². The second-order valence-electron chi connectivity index (χ2n) is 4.58. The highest BCUT2D eigenvalue weighted by atomic mass is 35.5. The first kappa shape index (κ1) is 15.7. The summed E-state index contributed by atoms with van der Waals surface area (Å²) < 4.78 is 11.2. The topological polar surface area (TPSA) is 30.5 Å². The lowest BCUT2D eigenvalue weighted by atomic mass is 10.2. The van der Waals surface area contributed by atoms with Crippen LogP contribution < -0.4 is 14.8 Å². The number of nitrogens with one attached hydrogen (secondary N) is 1. The van der Waals surface area contributed by atoms with Gasteiger partial charge in [0.05, 0.1) is 0 Å². The van der Waals surface area contributed by atoms with Crippen LogP contribution in [0.4, 0.5) is 0 Å². The van der Waals surface area contributed by atoms with E-state index in [-0.39, 0.29) is 0 Å².